The van der Waals surface area contributed by atoms with E-state index in [2.05, 4.69) is 82.9 Å². The van der Waals surface area contributed by atoms with Crippen LogP contribution in [0.1, 0.15) is 49.8 Å². The Kier molecular flexibility index (Phi) is 6.96. The first-order valence-electron chi connectivity index (χ1n) is 10.1. The minimum Gasteiger partial charge on any atom is -0.468 e. The topological polar surface area (TPSA) is 33.3 Å². The van der Waals surface area contributed by atoms with Crippen LogP contribution in [0.3, 0.4) is 0 Å². The summed E-state index contributed by atoms with van der Waals surface area (Å²) in [4.78, 5) is 0. The Bertz CT molecular complexity index is 747. The number of nitrogens with one attached hydrogen (secondary N) is 2. The van der Waals surface area contributed by atoms with Gasteiger partial charge in [-0.3, -0.25) is 5.32 Å². The van der Waals surface area contributed by atoms with E-state index in [4.69, 9.17) is 4.74 Å². The number of hydrogen-bond donors (Lipinski definition) is 2. The Morgan fingerprint density at radius 2 is 1.96 bits per heavy atom. The molecule has 1 heterocycles. The second kappa shape index (κ2) is 9.22. The third-order valence-electron chi connectivity index (χ3n) is 5.67. The predicted molar refractivity (Wildman–Crippen MR) is 116 cm³/mol. The SMILES string of the molecule is CCCCC(C)C(NC)(Oc1ccc2c(c1)CCNC2)c1ccc(Br)cc1. The van der Waals surface area contributed by atoms with Gasteiger partial charge in [-0.2, -0.15) is 0 Å². The van der Waals surface area contributed by atoms with Crippen molar-refractivity contribution in [3.63, 3.8) is 0 Å². The number of rotatable bonds is 8. The molecule has 146 valence electrons. The van der Waals surface area contributed by atoms with Crippen molar-refractivity contribution in [2.75, 3.05) is 13.6 Å². The molecule has 2 N–H and O–H groups in total. The van der Waals surface area contributed by atoms with Crippen molar-refractivity contribution in [2.24, 2.45) is 5.92 Å². The Morgan fingerprint density at radius 1 is 1.19 bits per heavy atom. The molecular formula is C23H31BrN2O. The molecule has 0 saturated carbocycles. The standard InChI is InChI=1S/C23H31BrN2O/c1-4-5-6-17(2)23(25-3,20-8-10-21(24)11-9-20)27-22-12-7-19-16-26-14-13-18(19)15-22/h7-12,15,17,25-26H,4-6,13-14,16H2,1-3H3. The number of benzene rings is 2. The lowest BCUT2D eigenvalue weighted by Gasteiger charge is -2.40. The molecule has 3 rings (SSSR count). The first-order chi connectivity index (χ1) is 13.1. The zero-order chi connectivity index (χ0) is 19.3. The van der Waals surface area contributed by atoms with E-state index >= 15 is 0 Å². The van der Waals surface area contributed by atoms with Gasteiger partial charge in [-0.25, -0.2) is 0 Å². The van der Waals surface area contributed by atoms with E-state index < -0.39 is 5.72 Å². The summed E-state index contributed by atoms with van der Waals surface area (Å²) < 4.78 is 7.84. The lowest BCUT2D eigenvalue weighted by Crippen LogP contribution is -2.50. The molecular weight excluding hydrogens is 400 g/mol. The van der Waals surface area contributed by atoms with Gasteiger partial charge >= 0.3 is 0 Å². The minimum absolute atomic E-state index is 0.335. The summed E-state index contributed by atoms with van der Waals surface area (Å²) in [7, 11) is 2.01. The summed E-state index contributed by atoms with van der Waals surface area (Å²) in [5.74, 6) is 1.28. The third-order valence-corrected chi connectivity index (χ3v) is 6.20. The lowest BCUT2D eigenvalue weighted by molar-refractivity contribution is -0.0209. The minimum atomic E-state index is -0.545. The monoisotopic (exact) mass is 430 g/mol. The van der Waals surface area contributed by atoms with E-state index in [1.807, 2.05) is 7.05 Å². The number of hydrogen-bond acceptors (Lipinski definition) is 3. The van der Waals surface area contributed by atoms with Gasteiger partial charge in [-0.15, -0.1) is 0 Å². The number of ether oxygens (including phenoxy) is 1. The van der Waals surface area contributed by atoms with Gasteiger partial charge in [0.1, 0.15) is 5.75 Å². The maximum Gasteiger partial charge on any atom is 0.189 e. The molecule has 0 saturated heterocycles. The summed E-state index contributed by atoms with van der Waals surface area (Å²) in [6.07, 6.45) is 4.56. The molecule has 1 aliphatic rings. The van der Waals surface area contributed by atoms with Crippen LogP contribution >= 0.6 is 15.9 Å². The summed E-state index contributed by atoms with van der Waals surface area (Å²) in [5, 5.41) is 6.97. The molecule has 0 aliphatic carbocycles. The summed E-state index contributed by atoms with van der Waals surface area (Å²) in [6.45, 7) is 6.52. The van der Waals surface area contributed by atoms with E-state index in [1.165, 1.54) is 24.0 Å². The van der Waals surface area contributed by atoms with Crippen molar-refractivity contribution in [2.45, 2.75) is 51.8 Å². The molecule has 2 unspecified atom stereocenters. The zero-order valence-corrected chi connectivity index (χ0v) is 18.2. The highest BCUT2D eigenvalue weighted by molar-refractivity contribution is 9.10. The van der Waals surface area contributed by atoms with E-state index in [-0.39, 0.29) is 0 Å². The fraction of sp³-hybridized carbons (Fsp3) is 0.478. The van der Waals surface area contributed by atoms with E-state index in [1.54, 1.807) is 0 Å². The molecule has 2 aromatic rings. The quantitative estimate of drug-likeness (QED) is 0.551. The number of fused-ring (bicyclic) bond motifs is 1. The van der Waals surface area contributed by atoms with E-state index in [0.29, 0.717) is 5.92 Å². The highest BCUT2D eigenvalue weighted by Gasteiger charge is 2.39. The van der Waals surface area contributed by atoms with Gasteiger partial charge in [0.25, 0.3) is 0 Å². The van der Waals surface area contributed by atoms with Gasteiger partial charge in [-0.05, 0) is 61.8 Å². The fourth-order valence-electron chi connectivity index (χ4n) is 4.00. The van der Waals surface area contributed by atoms with Crippen molar-refractivity contribution in [3.05, 3.63) is 63.6 Å². The molecule has 2 atom stereocenters. The van der Waals surface area contributed by atoms with Crippen LogP contribution in [-0.2, 0) is 18.7 Å². The van der Waals surface area contributed by atoms with Gasteiger partial charge in [0.15, 0.2) is 5.72 Å². The Morgan fingerprint density at radius 3 is 2.67 bits per heavy atom. The molecule has 0 fully saturated rings. The summed E-state index contributed by atoms with van der Waals surface area (Å²) >= 11 is 3.55. The lowest BCUT2D eigenvalue weighted by atomic mass is 9.86. The smallest absolute Gasteiger partial charge is 0.189 e. The molecule has 2 aromatic carbocycles. The van der Waals surface area contributed by atoms with E-state index in [0.717, 1.165) is 41.7 Å². The Balaban J connectivity index is 1.96. The molecule has 0 amide bonds. The molecule has 0 spiro atoms. The van der Waals surface area contributed by atoms with Crippen molar-refractivity contribution >= 4 is 15.9 Å². The van der Waals surface area contributed by atoms with Crippen molar-refractivity contribution in [1.29, 1.82) is 0 Å². The molecule has 0 bridgehead atoms. The maximum absolute atomic E-state index is 6.76. The maximum atomic E-state index is 6.76. The highest BCUT2D eigenvalue weighted by Crippen LogP contribution is 2.36. The average molecular weight is 431 g/mol. The fourth-order valence-corrected chi connectivity index (χ4v) is 4.26. The first-order valence-corrected chi connectivity index (χ1v) is 10.8. The van der Waals surface area contributed by atoms with Gasteiger partial charge < -0.3 is 10.1 Å². The van der Waals surface area contributed by atoms with E-state index in [9.17, 15) is 0 Å². The summed E-state index contributed by atoms with van der Waals surface area (Å²) in [6, 6.07) is 15.1. The van der Waals surface area contributed by atoms with Crippen LogP contribution in [0.15, 0.2) is 46.9 Å². The van der Waals surface area contributed by atoms with Crippen LogP contribution < -0.4 is 15.4 Å². The number of halogens is 1. The second-order valence-corrected chi connectivity index (χ2v) is 8.41. The van der Waals surface area contributed by atoms with Crippen LogP contribution in [-0.4, -0.2) is 13.6 Å². The second-order valence-electron chi connectivity index (χ2n) is 7.50. The van der Waals surface area contributed by atoms with Gasteiger partial charge in [0.05, 0.1) is 0 Å². The van der Waals surface area contributed by atoms with Crippen molar-refractivity contribution in [1.82, 2.24) is 10.6 Å². The van der Waals surface area contributed by atoms with Gasteiger partial charge in [0.2, 0.25) is 0 Å². The zero-order valence-electron chi connectivity index (χ0n) is 16.6. The molecule has 0 radical (unpaired) electrons. The predicted octanol–water partition coefficient (Wildman–Crippen LogP) is 5.37. The van der Waals surface area contributed by atoms with Crippen LogP contribution in [0.2, 0.25) is 0 Å². The Labute approximate surface area is 172 Å². The molecule has 4 heteroatoms. The van der Waals surface area contributed by atoms with Crippen LogP contribution in [0, 0.1) is 5.92 Å². The normalized spacial score (nSPS) is 17.0. The third kappa shape index (κ3) is 4.56. The Hall–Kier alpha value is -1.36. The average Bonchev–Trinajstić information content (AvgIpc) is 2.70. The van der Waals surface area contributed by atoms with Crippen LogP contribution in [0.5, 0.6) is 5.75 Å². The molecule has 3 nitrogen and oxygen atoms in total. The highest BCUT2D eigenvalue weighted by atomic mass is 79.9. The van der Waals surface area contributed by atoms with Gasteiger partial charge in [0, 0.05) is 22.5 Å². The summed E-state index contributed by atoms with van der Waals surface area (Å²) in [5.41, 5.74) is 3.40. The van der Waals surface area contributed by atoms with Crippen LogP contribution in [0.25, 0.3) is 0 Å². The first kappa shape index (κ1) is 20.4. The largest absolute Gasteiger partial charge is 0.468 e. The molecule has 1 aliphatic heterocycles. The molecule has 27 heavy (non-hydrogen) atoms. The van der Waals surface area contributed by atoms with Crippen molar-refractivity contribution < 1.29 is 4.74 Å². The van der Waals surface area contributed by atoms with Crippen LogP contribution in [0.4, 0.5) is 0 Å². The van der Waals surface area contributed by atoms with Crippen molar-refractivity contribution in [3.8, 4) is 5.75 Å². The van der Waals surface area contributed by atoms with Gasteiger partial charge in [-0.1, -0.05) is 60.8 Å². The number of unbranched alkanes of at least 4 members (excludes halogenated alkanes) is 1. The molecule has 0 aromatic heterocycles.